The minimum Gasteiger partial charge on any atom is -0.455 e. The molecule has 21 heavy (non-hydrogen) atoms. The molecule has 0 N–H and O–H groups in total. The van der Waals surface area contributed by atoms with Gasteiger partial charge in [-0.2, -0.15) is 0 Å². The average Bonchev–Trinajstić information content (AvgIpc) is 2.80. The highest BCUT2D eigenvalue weighted by Gasteiger charge is 2.27. The summed E-state index contributed by atoms with van der Waals surface area (Å²) in [5, 5.41) is 2.74. The lowest BCUT2D eigenvalue weighted by Crippen LogP contribution is -2.40. The molecule has 1 aromatic rings. The molecule has 0 bridgehead atoms. The van der Waals surface area contributed by atoms with E-state index < -0.39 is 0 Å². The van der Waals surface area contributed by atoms with Crippen molar-refractivity contribution in [3.8, 4) is 0 Å². The van der Waals surface area contributed by atoms with Crippen LogP contribution in [0.5, 0.6) is 0 Å². The first kappa shape index (κ1) is 17.8. The number of hydrogen-bond acceptors (Lipinski definition) is 6. The molecule has 0 unspecified atom stereocenters. The van der Waals surface area contributed by atoms with E-state index in [0.29, 0.717) is 12.3 Å². The molecule has 5 nitrogen and oxygen atoms in total. The average molecular weight is 309 g/mol. The predicted molar refractivity (Wildman–Crippen MR) is 84.9 cm³/mol. The van der Waals surface area contributed by atoms with Crippen LogP contribution in [0.2, 0.25) is 0 Å². The summed E-state index contributed by atoms with van der Waals surface area (Å²) in [7, 11) is 3.36. The number of ether oxygens (including phenoxy) is 1. The molecule has 0 aromatic carbocycles. The van der Waals surface area contributed by atoms with E-state index in [0.717, 1.165) is 16.9 Å². The molecule has 0 amide bonds. The molecule has 0 aliphatic heterocycles. The maximum Gasteiger partial charge on any atom is 0.303 e. The Morgan fingerprint density at radius 2 is 2.24 bits per heavy atom. The van der Waals surface area contributed by atoms with Crippen molar-refractivity contribution >= 4 is 30.9 Å². The third-order valence-corrected chi connectivity index (χ3v) is 4.32. The molecule has 1 rings (SSSR count). The maximum atomic E-state index is 11.4. The number of aryl methyl sites for hydroxylation is 1. The Morgan fingerprint density at radius 3 is 2.67 bits per heavy atom. The van der Waals surface area contributed by atoms with Crippen LogP contribution in [0.4, 0.5) is 0 Å². The molecular weight excluding hydrogens is 287 g/mol. The number of rotatable bonds is 8. The Bertz CT molecular complexity index is 479. The Kier molecular flexibility index (Phi) is 7.04. The number of esters is 1. The molecule has 0 fully saturated rings. The van der Waals surface area contributed by atoms with Gasteiger partial charge in [-0.15, -0.1) is 11.3 Å². The van der Waals surface area contributed by atoms with Gasteiger partial charge in [-0.05, 0) is 19.9 Å². The fraction of sp³-hybridized carbons (Fsp3) is 0.643. The summed E-state index contributed by atoms with van der Waals surface area (Å²) in [6.45, 7) is 7.48. The van der Waals surface area contributed by atoms with Crippen molar-refractivity contribution in [1.29, 1.82) is 0 Å². The second-order valence-electron chi connectivity index (χ2n) is 5.42. The second kappa shape index (κ2) is 8.29. The van der Waals surface area contributed by atoms with E-state index in [4.69, 9.17) is 4.74 Å². The van der Waals surface area contributed by atoms with Crippen molar-refractivity contribution in [1.82, 2.24) is 9.79 Å². The van der Waals surface area contributed by atoms with Crippen LogP contribution in [0.25, 0.3) is 0 Å². The van der Waals surface area contributed by atoms with Gasteiger partial charge in [0.2, 0.25) is 0 Å². The third-order valence-electron chi connectivity index (χ3n) is 3.26. The molecule has 1 aromatic heterocycles. The molecule has 1 heterocycles. The second-order valence-corrected chi connectivity index (χ2v) is 6.31. The minimum absolute atomic E-state index is 0.0868. The summed E-state index contributed by atoms with van der Waals surface area (Å²) >= 11 is 1.49. The third kappa shape index (κ3) is 5.59. The fourth-order valence-electron chi connectivity index (χ4n) is 2.25. The largest absolute Gasteiger partial charge is 0.455 e. The van der Waals surface area contributed by atoms with Gasteiger partial charge in [-0.3, -0.25) is 4.79 Å². The van der Waals surface area contributed by atoms with Gasteiger partial charge in [-0.25, -0.2) is 4.98 Å². The van der Waals surface area contributed by atoms with Crippen molar-refractivity contribution in [3.05, 3.63) is 16.1 Å². The SMILES string of the molecule is CC(=O)O[C@H](C[C@@H](C(C)C)N(C)[B]C=O)c1nc(C)cs1. The number of thiazole rings is 1. The van der Waals surface area contributed by atoms with Gasteiger partial charge < -0.3 is 14.3 Å². The van der Waals surface area contributed by atoms with Crippen molar-refractivity contribution in [2.45, 2.75) is 46.3 Å². The van der Waals surface area contributed by atoms with E-state index >= 15 is 0 Å². The summed E-state index contributed by atoms with van der Waals surface area (Å²) in [4.78, 5) is 28.3. The van der Waals surface area contributed by atoms with E-state index in [1.165, 1.54) is 25.7 Å². The molecule has 0 saturated carbocycles. The standard InChI is InChI=1S/C14H22BN2O3S/c1-9(2)12(17(5)15-8-18)6-13(20-11(4)19)14-16-10(3)7-21-14/h7-9,12-13H,6H2,1-5H3/t12-,13+/m0/s1. The van der Waals surface area contributed by atoms with Crippen LogP contribution in [-0.2, 0) is 14.3 Å². The monoisotopic (exact) mass is 309 g/mol. The van der Waals surface area contributed by atoms with Gasteiger partial charge >= 0.3 is 5.97 Å². The summed E-state index contributed by atoms with van der Waals surface area (Å²) in [5.41, 5.74) is 0.918. The molecule has 115 valence electrons. The first-order chi connectivity index (χ1) is 9.85. The van der Waals surface area contributed by atoms with E-state index in [9.17, 15) is 9.59 Å². The number of nitrogens with zero attached hydrogens (tertiary/aromatic N) is 2. The highest BCUT2D eigenvalue weighted by Crippen LogP contribution is 2.29. The Labute approximate surface area is 131 Å². The van der Waals surface area contributed by atoms with Gasteiger partial charge in [-0.1, -0.05) is 13.8 Å². The zero-order valence-electron chi connectivity index (χ0n) is 13.2. The first-order valence-electron chi connectivity index (χ1n) is 6.95. The molecule has 2 atom stereocenters. The van der Waals surface area contributed by atoms with Gasteiger partial charge in [0, 0.05) is 30.5 Å². The topological polar surface area (TPSA) is 59.5 Å². The van der Waals surface area contributed by atoms with Crippen LogP contribution in [0.15, 0.2) is 5.38 Å². The lowest BCUT2D eigenvalue weighted by Gasteiger charge is -2.32. The molecule has 1 radical (unpaired) electrons. The molecule has 0 saturated heterocycles. The molecule has 0 spiro atoms. The Balaban J connectivity index is 2.91. The van der Waals surface area contributed by atoms with Crippen LogP contribution < -0.4 is 0 Å². The number of carbonyl (C=O) groups excluding carboxylic acids is 2. The predicted octanol–water partition coefficient (Wildman–Crippen LogP) is 2.21. The van der Waals surface area contributed by atoms with Crippen LogP contribution >= 0.6 is 11.3 Å². The highest BCUT2D eigenvalue weighted by molar-refractivity contribution is 7.09. The van der Waals surface area contributed by atoms with Gasteiger partial charge in [0.1, 0.15) is 5.01 Å². The zero-order chi connectivity index (χ0) is 16.0. The van der Waals surface area contributed by atoms with Gasteiger partial charge in [0.15, 0.2) is 6.10 Å². The van der Waals surface area contributed by atoms with Gasteiger partial charge in [0.25, 0.3) is 7.41 Å². The number of hydrogen-bond donors (Lipinski definition) is 0. The van der Waals surface area contributed by atoms with Crippen LogP contribution in [0.3, 0.4) is 0 Å². The van der Waals surface area contributed by atoms with Crippen LogP contribution in [0, 0.1) is 12.8 Å². The lowest BCUT2D eigenvalue weighted by atomic mass is 9.86. The van der Waals surface area contributed by atoms with Crippen molar-refractivity contribution in [3.63, 3.8) is 0 Å². The molecule has 0 aliphatic rings. The molecule has 7 heteroatoms. The highest BCUT2D eigenvalue weighted by atomic mass is 32.1. The first-order valence-corrected chi connectivity index (χ1v) is 7.83. The van der Waals surface area contributed by atoms with E-state index in [-0.39, 0.29) is 18.1 Å². The summed E-state index contributed by atoms with van der Waals surface area (Å²) in [5.74, 6) is -0.0114. The number of carbonyl (C=O) groups is 2. The van der Waals surface area contributed by atoms with E-state index in [1.807, 2.05) is 24.2 Å². The molecule has 0 aliphatic carbocycles. The Morgan fingerprint density at radius 1 is 1.57 bits per heavy atom. The van der Waals surface area contributed by atoms with Crippen molar-refractivity contribution in [2.24, 2.45) is 5.92 Å². The van der Waals surface area contributed by atoms with Gasteiger partial charge in [0.05, 0.1) is 6.19 Å². The van der Waals surface area contributed by atoms with Crippen molar-refractivity contribution in [2.75, 3.05) is 7.05 Å². The van der Waals surface area contributed by atoms with Crippen molar-refractivity contribution < 1.29 is 14.3 Å². The Hall–Kier alpha value is -1.21. The zero-order valence-corrected chi connectivity index (χ0v) is 14.0. The minimum atomic E-state index is -0.379. The number of aromatic nitrogens is 1. The van der Waals surface area contributed by atoms with E-state index in [1.54, 1.807) is 0 Å². The maximum absolute atomic E-state index is 11.4. The normalized spacial score (nSPS) is 14.0. The summed E-state index contributed by atoms with van der Waals surface area (Å²) < 4.78 is 5.44. The lowest BCUT2D eigenvalue weighted by molar-refractivity contribution is -0.147. The fourth-order valence-corrected chi connectivity index (χ4v) is 3.09. The van der Waals surface area contributed by atoms with Crippen LogP contribution in [0.1, 0.15) is 44.0 Å². The quantitative estimate of drug-likeness (QED) is 0.418. The van der Waals surface area contributed by atoms with E-state index in [2.05, 4.69) is 18.8 Å². The van der Waals surface area contributed by atoms with Crippen LogP contribution in [-0.4, -0.2) is 42.5 Å². The summed E-state index contributed by atoms with van der Waals surface area (Å²) in [6.07, 6.45) is 0.991. The smallest absolute Gasteiger partial charge is 0.303 e. The molecular formula is C14H22BN2O3S. The summed E-state index contributed by atoms with van der Waals surface area (Å²) in [6, 6.07) is 0.0868.